The van der Waals surface area contributed by atoms with E-state index in [1.165, 1.54) is 13.8 Å². The molecule has 0 fully saturated rings. The minimum atomic E-state index is -1.40. The number of nitrogens with two attached hydrogens (primary N) is 2. The van der Waals surface area contributed by atoms with Crippen molar-refractivity contribution in [1.82, 2.24) is 21.3 Å². The Balaban J connectivity index is 3.05. The van der Waals surface area contributed by atoms with Crippen molar-refractivity contribution in [2.75, 3.05) is 6.54 Å². The summed E-state index contributed by atoms with van der Waals surface area (Å²) in [4.78, 5) is 73.8. The number of carboxylic acid groups (broad SMARTS) is 2. The number of hydrogen-bond acceptors (Lipinski definition) is 8. The third-order valence-electron chi connectivity index (χ3n) is 5.92. The lowest BCUT2D eigenvalue weighted by Crippen LogP contribution is -2.58. The minimum Gasteiger partial charge on any atom is -0.481 e. The number of unbranched alkanes of at least 4 members (excludes halogenated alkanes) is 1. The first-order valence-corrected chi connectivity index (χ1v) is 13.0. The van der Waals surface area contributed by atoms with Gasteiger partial charge in [0.25, 0.3) is 0 Å². The maximum Gasteiger partial charge on any atom is 0.326 e. The van der Waals surface area contributed by atoms with Crippen molar-refractivity contribution in [3.8, 4) is 0 Å². The third kappa shape index (κ3) is 12.7. The van der Waals surface area contributed by atoms with Gasteiger partial charge in [-0.2, -0.15) is 0 Å². The Morgan fingerprint density at radius 2 is 1.30 bits per heavy atom. The fraction of sp³-hybridized carbons (Fsp3) is 0.538. The molecule has 14 nitrogen and oxygen atoms in total. The molecular weight excluding hydrogens is 524 g/mol. The summed E-state index contributed by atoms with van der Waals surface area (Å²) in [6, 6.07) is 2.81. The summed E-state index contributed by atoms with van der Waals surface area (Å²) >= 11 is 0. The Labute approximate surface area is 232 Å². The molecule has 10 N–H and O–H groups in total. The van der Waals surface area contributed by atoms with Crippen LogP contribution in [0.15, 0.2) is 30.3 Å². The van der Waals surface area contributed by atoms with E-state index in [4.69, 9.17) is 16.6 Å². The maximum atomic E-state index is 13.2. The Kier molecular flexibility index (Phi) is 14.9. The van der Waals surface area contributed by atoms with E-state index in [1.807, 2.05) is 0 Å². The molecule has 0 radical (unpaired) electrons. The molecule has 0 aliphatic rings. The normalized spacial score (nSPS) is 14.5. The van der Waals surface area contributed by atoms with Gasteiger partial charge < -0.3 is 42.9 Å². The fourth-order valence-corrected chi connectivity index (χ4v) is 3.60. The van der Waals surface area contributed by atoms with Crippen LogP contribution < -0.4 is 32.7 Å². The smallest absolute Gasteiger partial charge is 0.326 e. The topological polar surface area (TPSA) is 243 Å². The average Bonchev–Trinajstić information content (AvgIpc) is 2.90. The predicted octanol–water partition coefficient (Wildman–Crippen LogP) is -1.39. The van der Waals surface area contributed by atoms with Crippen LogP contribution in [-0.4, -0.2) is 82.5 Å². The highest BCUT2D eigenvalue weighted by atomic mass is 16.4. The zero-order valence-corrected chi connectivity index (χ0v) is 22.7. The molecule has 0 aliphatic carbocycles. The fourth-order valence-electron chi connectivity index (χ4n) is 3.60. The number of nitrogens with one attached hydrogen (secondary N) is 4. The highest BCUT2D eigenvalue weighted by Crippen LogP contribution is 2.08. The number of hydrogen-bond donors (Lipinski definition) is 8. The number of aliphatic carboxylic acids is 2. The Morgan fingerprint density at radius 3 is 1.82 bits per heavy atom. The van der Waals surface area contributed by atoms with Gasteiger partial charge in [0.05, 0.1) is 6.04 Å². The summed E-state index contributed by atoms with van der Waals surface area (Å²) in [6.45, 7) is 3.19. The van der Waals surface area contributed by atoms with Gasteiger partial charge in [-0.1, -0.05) is 30.3 Å². The van der Waals surface area contributed by atoms with Crippen LogP contribution >= 0.6 is 0 Å². The Hall–Kier alpha value is -4.04. The zero-order chi connectivity index (χ0) is 30.2. The largest absolute Gasteiger partial charge is 0.481 e. The highest BCUT2D eigenvalue weighted by Gasteiger charge is 2.31. The van der Waals surface area contributed by atoms with Crippen molar-refractivity contribution < 1.29 is 39.0 Å². The lowest BCUT2D eigenvalue weighted by atomic mass is 10.0. The molecule has 0 bridgehead atoms. The average molecular weight is 565 g/mol. The highest BCUT2D eigenvalue weighted by molar-refractivity contribution is 5.95. The standard InChI is InChI=1S/C26H40N6O8/c1-15(28)22(35)29-16(2)23(36)30-18(10-6-7-13-27)24(37)31-19(11-12-21(33)34)25(38)32-20(26(39)40)14-17-8-4-3-5-9-17/h3-5,8-9,15-16,18-20H,6-7,10-14,27-28H2,1-2H3,(H,29,35)(H,30,36)(H,31,37)(H,32,38)(H,33,34)(H,39,40)/t15-,16-,18-,19-,20-/m0/s1. The Morgan fingerprint density at radius 1 is 0.750 bits per heavy atom. The first-order chi connectivity index (χ1) is 18.8. The van der Waals surface area contributed by atoms with Crippen LogP contribution in [0.2, 0.25) is 0 Å². The number of carbonyl (C=O) groups is 6. The van der Waals surface area contributed by atoms with Crippen molar-refractivity contribution in [1.29, 1.82) is 0 Å². The van der Waals surface area contributed by atoms with Crippen LogP contribution in [0.5, 0.6) is 0 Å². The van der Waals surface area contributed by atoms with Gasteiger partial charge in [-0.3, -0.25) is 24.0 Å². The lowest BCUT2D eigenvalue weighted by molar-refractivity contribution is -0.143. The van der Waals surface area contributed by atoms with E-state index < -0.39 is 72.2 Å². The molecule has 1 aromatic rings. The summed E-state index contributed by atoms with van der Waals surface area (Å²) < 4.78 is 0. The van der Waals surface area contributed by atoms with E-state index in [0.29, 0.717) is 24.9 Å². The second-order valence-electron chi connectivity index (χ2n) is 9.45. The van der Waals surface area contributed by atoms with Crippen LogP contribution in [0.25, 0.3) is 0 Å². The quantitative estimate of drug-likeness (QED) is 0.0970. The van der Waals surface area contributed by atoms with Gasteiger partial charge in [0.2, 0.25) is 23.6 Å². The van der Waals surface area contributed by atoms with E-state index in [-0.39, 0.29) is 19.3 Å². The van der Waals surface area contributed by atoms with Gasteiger partial charge in [-0.05, 0) is 51.6 Å². The van der Waals surface area contributed by atoms with Crippen LogP contribution in [0.4, 0.5) is 0 Å². The second kappa shape index (κ2) is 17.5. The molecule has 222 valence electrons. The van der Waals surface area contributed by atoms with Crippen molar-refractivity contribution in [2.24, 2.45) is 11.5 Å². The molecule has 1 rings (SSSR count). The second-order valence-corrected chi connectivity index (χ2v) is 9.45. The van der Waals surface area contributed by atoms with E-state index in [2.05, 4.69) is 21.3 Å². The molecule has 40 heavy (non-hydrogen) atoms. The number of rotatable bonds is 18. The number of benzene rings is 1. The van der Waals surface area contributed by atoms with E-state index in [9.17, 15) is 33.9 Å². The summed E-state index contributed by atoms with van der Waals surface area (Å²) in [5.41, 5.74) is 11.7. The minimum absolute atomic E-state index is 0.0374. The molecule has 0 saturated carbocycles. The van der Waals surface area contributed by atoms with E-state index in [0.717, 1.165) is 0 Å². The maximum absolute atomic E-state index is 13.2. The summed E-state index contributed by atoms with van der Waals surface area (Å²) in [7, 11) is 0. The van der Waals surface area contributed by atoms with Crippen LogP contribution in [0.3, 0.4) is 0 Å². The summed E-state index contributed by atoms with van der Waals surface area (Å²) in [5.74, 6) is -5.45. The zero-order valence-electron chi connectivity index (χ0n) is 22.7. The number of amides is 4. The molecule has 14 heteroatoms. The van der Waals surface area contributed by atoms with E-state index in [1.54, 1.807) is 30.3 Å². The molecule has 4 amide bonds. The van der Waals surface area contributed by atoms with Crippen molar-refractivity contribution >= 4 is 35.6 Å². The summed E-state index contributed by atoms with van der Waals surface area (Å²) in [5, 5.41) is 28.5. The summed E-state index contributed by atoms with van der Waals surface area (Å²) in [6.07, 6.45) is 0.277. The van der Waals surface area contributed by atoms with Gasteiger partial charge in [0.1, 0.15) is 24.2 Å². The molecule has 0 unspecified atom stereocenters. The van der Waals surface area contributed by atoms with Crippen LogP contribution in [0.1, 0.15) is 51.5 Å². The van der Waals surface area contributed by atoms with Gasteiger partial charge in [0, 0.05) is 12.8 Å². The molecule has 0 aliphatic heterocycles. The van der Waals surface area contributed by atoms with Crippen molar-refractivity contribution in [3.63, 3.8) is 0 Å². The third-order valence-corrected chi connectivity index (χ3v) is 5.92. The number of carboxylic acids is 2. The SMILES string of the molecule is C[C@H](N)C(=O)N[C@@H](C)C(=O)N[C@@H](CCCCN)C(=O)N[C@@H](CCC(=O)O)C(=O)N[C@@H](Cc1ccccc1)C(=O)O. The van der Waals surface area contributed by atoms with Gasteiger partial charge in [-0.15, -0.1) is 0 Å². The van der Waals surface area contributed by atoms with Crippen molar-refractivity contribution in [2.45, 2.75) is 82.6 Å². The van der Waals surface area contributed by atoms with E-state index >= 15 is 0 Å². The number of carbonyl (C=O) groups excluding carboxylic acids is 4. The van der Waals surface area contributed by atoms with Crippen molar-refractivity contribution in [3.05, 3.63) is 35.9 Å². The van der Waals surface area contributed by atoms with Crippen LogP contribution in [-0.2, 0) is 35.2 Å². The molecule has 0 saturated heterocycles. The van der Waals surface area contributed by atoms with Crippen LogP contribution in [0, 0.1) is 0 Å². The first kappa shape index (κ1) is 34.0. The first-order valence-electron chi connectivity index (χ1n) is 13.0. The van der Waals surface area contributed by atoms with Gasteiger partial charge in [-0.25, -0.2) is 4.79 Å². The molecular formula is C26H40N6O8. The molecule has 1 aromatic carbocycles. The lowest BCUT2D eigenvalue weighted by Gasteiger charge is -2.25. The Bertz CT molecular complexity index is 1020. The monoisotopic (exact) mass is 564 g/mol. The molecule has 5 atom stereocenters. The molecule has 0 spiro atoms. The van der Waals surface area contributed by atoms with Gasteiger partial charge >= 0.3 is 11.9 Å². The van der Waals surface area contributed by atoms with Gasteiger partial charge in [0.15, 0.2) is 0 Å². The molecule has 0 heterocycles. The molecule has 0 aromatic heterocycles. The predicted molar refractivity (Wildman–Crippen MR) is 145 cm³/mol.